The number of ether oxygens (including phenoxy) is 3. The number of methoxy groups -OCH3 is 2. The molecule has 0 saturated heterocycles. The van der Waals surface area contributed by atoms with Crippen molar-refractivity contribution in [2.24, 2.45) is 0 Å². The van der Waals surface area contributed by atoms with Crippen LogP contribution in [0.5, 0.6) is 11.5 Å². The molecular formula is C31H38N2O5. The molecule has 1 N–H and O–H groups in total. The summed E-state index contributed by atoms with van der Waals surface area (Å²) in [6, 6.07) is 23.7. The Morgan fingerprint density at radius 2 is 1.50 bits per heavy atom. The fourth-order valence-corrected chi connectivity index (χ4v) is 4.18. The summed E-state index contributed by atoms with van der Waals surface area (Å²) in [6.07, 6.45) is 0.925. The lowest BCUT2D eigenvalue weighted by Crippen LogP contribution is -2.44. The van der Waals surface area contributed by atoms with Crippen LogP contribution in [0.2, 0.25) is 0 Å². The van der Waals surface area contributed by atoms with Gasteiger partial charge in [0.25, 0.3) is 0 Å². The van der Waals surface area contributed by atoms with Crippen molar-refractivity contribution < 1.29 is 23.8 Å². The van der Waals surface area contributed by atoms with Crippen LogP contribution in [0.25, 0.3) is 0 Å². The Bertz CT molecular complexity index is 1150. The number of hydrogen-bond donors (Lipinski definition) is 1. The highest BCUT2D eigenvalue weighted by Crippen LogP contribution is 2.29. The van der Waals surface area contributed by atoms with Gasteiger partial charge in [-0.1, -0.05) is 66.7 Å². The first-order valence-electron chi connectivity index (χ1n) is 12.9. The predicted molar refractivity (Wildman–Crippen MR) is 148 cm³/mol. The van der Waals surface area contributed by atoms with Crippen molar-refractivity contribution in [2.45, 2.75) is 45.4 Å². The summed E-state index contributed by atoms with van der Waals surface area (Å²) in [4.78, 5) is 29.2. The molecule has 3 aromatic rings. The summed E-state index contributed by atoms with van der Waals surface area (Å²) in [6.45, 7) is 5.26. The minimum atomic E-state index is -0.796. The van der Waals surface area contributed by atoms with Gasteiger partial charge >= 0.3 is 0 Å². The smallest absolute Gasteiger partial charge is 0.247 e. The summed E-state index contributed by atoms with van der Waals surface area (Å²) >= 11 is 0. The molecule has 0 heterocycles. The van der Waals surface area contributed by atoms with Crippen LogP contribution in [0.1, 0.15) is 43.0 Å². The Kier molecular flexibility index (Phi) is 11.2. The zero-order valence-electron chi connectivity index (χ0n) is 22.7. The second-order valence-electron chi connectivity index (χ2n) is 9.25. The van der Waals surface area contributed by atoms with Crippen molar-refractivity contribution in [1.29, 1.82) is 0 Å². The number of amides is 2. The molecule has 0 aliphatic carbocycles. The topological polar surface area (TPSA) is 77.1 Å². The first kappa shape index (κ1) is 28.7. The summed E-state index contributed by atoms with van der Waals surface area (Å²) < 4.78 is 16.4. The maximum absolute atomic E-state index is 13.9. The van der Waals surface area contributed by atoms with Crippen molar-refractivity contribution in [3.8, 4) is 11.5 Å². The first-order valence-corrected chi connectivity index (χ1v) is 12.9. The summed E-state index contributed by atoms with van der Waals surface area (Å²) in [5.74, 6) is 0.742. The molecule has 7 nitrogen and oxygen atoms in total. The van der Waals surface area contributed by atoms with Gasteiger partial charge in [-0.05, 0) is 49.1 Å². The SMILES string of the molecule is COc1ccc(CC(=O)N(Cc2ccccc2)C(C(=O)NCCCOC(C)C)c2ccccc2)cc1OC. The molecule has 1 unspecified atom stereocenters. The Balaban J connectivity index is 1.90. The van der Waals surface area contributed by atoms with Crippen molar-refractivity contribution in [3.05, 3.63) is 95.6 Å². The van der Waals surface area contributed by atoms with Gasteiger partial charge in [0, 0.05) is 19.7 Å². The van der Waals surface area contributed by atoms with E-state index in [0.29, 0.717) is 31.1 Å². The van der Waals surface area contributed by atoms with Crippen LogP contribution in [-0.2, 0) is 27.3 Å². The molecule has 3 aromatic carbocycles. The largest absolute Gasteiger partial charge is 0.493 e. The molecule has 0 fully saturated rings. The number of nitrogens with zero attached hydrogens (tertiary/aromatic N) is 1. The predicted octanol–water partition coefficient (Wildman–Crippen LogP) is 4.95. The third kappa shape index (κ3) is 8.35. The molecule has 0 spiro atoms. The summed E-state index contributed by atoms with van der Waals surface area (Å²) in [7, 11) is 3.13. The standard InChI is InChI=1S/C31H38N2O5/c1-23(2)38-19-11-18-32-31(35)30(26-14-9-6-10-15-26)33(22-24-12-7-5-8-13-24)29(34)21-25-16-17-27(36-3)28(20-25)37-4/h5-10,12-17,20,23,30H,11,18-19,21-22H2,1-4H3,(H,32,35). The Morgan fingerprint density at radius 1 is 0.842 bits per heavy atom. The highest BCUT2D eigenvalue weighted by atomic mass is 16.5. The van der Waals surface area contributed by atoms with Gasteiger partial charge in [0.2, 0.25) is 11.8 Å². The molecule has 0 radical (unpaired) electrons. The Labute approximate surface area is 225 Å². The van der Waals surface area contributed by atoms with E-state index in [1.807, 2.05) is 80.6 Å². The van der Waals surface area contributed by atoms with E-state index in [9.17, 15) is 9.59 Å². The van der Waals surface area contributed by atoms with Crippen LogP contribution in [0.15, 0.2) is 78.9 Å². The van der Waals surface area contributed by atoms with Gasteiger partial charge in [-0.2, -0.15) is 0 Å². The van der Waals surface area contributed by atoms with Crippen molar-refractivity contribution in [1.82, 2.24) is 10.2 Å². The van der Waals surface area contributed by atoms with E-state index in [4.69, 9.17) is 14.2 Å². The zero-order valence-corrected chi connectivity index (χ0v) is 22.7. The van der Waals surface area contributed by atoms with Crippen LogP contribution in [0.3, 0.4) is 0 Å². The van der Waals surface area contributed by atoms with E-state index >= 15 is 0 Å². The van der Waals surface area contributed by atoms with Gasteiger partial charge < -0.3 is 24.4 Å². The van der Waals surface area contributed by atoms with E-state index in [1.165, 1.54) is 0 Å². The van der Waals surface area contributed by atoms with E-state index in [1.54, 1.807) is 31.3 Å². The molecule has 202 valence electrons. The second-order valence-corrected chi connectivity index (χ2v) is 9.25. The fraction of sp³-hybridized carbons (Fsp3) is 0.355. The van der Waals surface area contributed by atoms with Gasteiger partial charge in [-0.3, -0.25) is 9.59 Å². The molecule has 0 aliphatic rings. The van der Waals surface area contributed by atoms with Gasteiger partial charge in [-0.25, -0.2) is 0 Å². The third-order valence-corrected chi connectivity index (χ3v) is 6.07. The summed E-state index contributed by atoms with van der Waals surface area (Å²) in [5.41, 5.74) is 2.45. The minimum absolute atomic E-state index is 0.103. The number of hydrogen-bond acceptors (Lipinski definition) is 5. The first-order chi connectivity index (χ1) is 18.4. The molecule has 2 amide bonds. The Morgan fingerprint density at radius 3 is 2.13 bits per heavy atom. The van der Waals surface area contributed by atoms with Gasteiger partial charge in [0.15, 0.2) is 11.5 Å². The molecule has 3 rings (SSSR count). The Hall–Kier alpha value is -3.84. The van der Waals surface area contributed by atoms with E-state index in [2.05, 4.69) is 5.32 Å². The van der Waals surface area contributed by atoms with Crippen LogP contribution in [0, 0.1) is 0 Å². The highest BCUT2D eigenvalue weighted by Gasteiger charge is 2.31. The molecule has 1 atom stereocenters. The maximum atomic E-state index is 13.9. The van der Waals surface area contributed by atoms with E-state index in [-0.39, 0.29) is 30.9 Å². The highest BCUT2D eigenvalue weighted by molar-refractivity contribution is 5.89. The lowest BCUT2D eigenvalue weighted by Gasteiger charge is -2.32. The monoisotopic (exact) mass is 518 g/mol. The van der Waals surface area contributed by atoms with Crippen molar-refractivity contribution in [2.75, 3.05) is 27.4 Å². The van der Waals surface area contributed by atoms with Crippen LogP contribution >= 0.6 is 0 Å². The molecule has 0 bridgehead atoms. The molecular weight excluding hydrogens is 480 g/mol. The van der Waals surface area contributed by atoms with E-state index < -0.39 is 6.04 Å². The maximum Gasteiger partial charge on any atom is 0.247 e. The molecule has 0 aliphatic heterocycles. The van der Waals surface area contributed by atoms with Gasteiger partial charge in [0.05, 0.1) is 26.7 Å². The quantitative estimate of drug-likeness (QED) is 0.306. The third-order valence-electron chi connectivity index (χ3n) is 6.07. The van der Waals surface area contributed by atoms with Gasteiger partial charge in [-0.15, -0.1) is 0 Å². The summed E-state index contributed by atoms with van der Waals surface area (Å²) in [5, 5.41) is 3.02. The lowest BCUT2D eigenvalue weighted by molar-refractivity contribution is -0.141. The number of carbonyl (C=O) groups is 2. The minimum Gasteiger partial charge on any atom is -0.493 e. The average molecular weight is 519 g/mol. The van der Waals surface area contributed by atoms with Crippen LogP contribution < -0.4 is 14.8 Å². The molecule has 38 heavy (non-hydrogen) atoms. The van der Waals surface area contributed by atoms with Crippen LogP contribution in [0.4, 0.5) is 0 Å². The zero-order chi connectivity index (χ0) is 27.3. The van der Waals surface area contributed by atoms with Crippen molar-refractivity contribution in [3.63, 3.8) is 0 Å². The van der Waals surface area contributed by atoms with Crippen molar-refractivity contribution >= 4 is 11.8 Å². The number of nitrogens with one attached hydrogen (secondary N) is 1. The van der Waals surface area contributed by atoms with E-state index in [0.717, 1.165) is 16.7 Å². The molecule has 0 aromatic heterocycles. The fourth-order valence-electron chi connectivity index (χ4n) is 4.18. The van der Waals surface area contributed by atoms with Gasteiger partial charge in [0.1, 0.15) is 6.04 Å². The normalized spacial score (nSPS) is 11.6. The lowest BCUT2D eigenvalue weighted by atomic mass is 10.0. The van der Waals surface area contributed by atoms with Crippen LogP contribution in [-0.4, -0.2) is 50.2 Å². The molecule has 7 heteroatoms. The number of rotatable bonds is 14. The average Bonchev–Trinajstić information content (AvgIpc) is 2.93. The molecule has 0 saturated carbocycles. The second kappa shape index (κ2) is 14.8. The number of benzene rings is 3. The number of carbonyl (C=O) groups excluding carboxylic acids is 2.